The number of amides is 2. The molecule has 2 fully saturated rings. The number of carbonyl (C=O) groups excluding carboxylic acids is 1. The van der Waals surface area contributed by atoms with Crippen LogP contribution in [0.1, 0.15) is 46.5 Å². The number of nitrogens with two attached hydrogens (primary N) is 1. The van der Waals surface area contributed by atoms with E-state index in [1.165, 1.54) is 0 Å². The largest absolute Gasteiger partial charge is 0.385 e. The highest BCUT2D eigenvalue weighted by molar-refractivity contribution is 6.06. The summed E-state index contributed by atoms with van der Waals surface area (Å²) < 4.78 is 0. The summed E-state index contributed by atoms with van der Waals surface area (Å²) in [5.41, 5.74) is 6.09. The first kappa shape index (κ1) is 11.1. The summed E-state index contributed by atoms with van der Waals surface area (Å²) in [4.78, 5) is 18.1. The van der Waals surface area contributed by atoms with E-state index in [-0.39, 0.29) is 17.0 Å². The van der Waals surface area contributed by atoms with E-state index in [1.807, 2.05) is 4.90 Å². The minimum Gasteiger partial charge on any atom is -0.385 e. The van der Waals surface area contributed by atoms with E-state index in [9.17, 15) is 4.79 Å². The third kappa shape index (κ3) is 1.36. The van der Waals surface area contributed by atoms with E-state index >= 15 is 0 Å². The number of urea groups is 1. The van der Waals surface area contributed by atoms with Crippen molar-refractivity contribution in [1.82, 2.24) is 4.90 Å². The highest BCUT2D eigenvalue weighted by Gasteiger charge is 2.61. The number of nitrogens with zero attached hydrogens (tertiary/aromatic N) is 2. The predicted octanol–water partition coefficient (Wildman–Crippen LogP) is 2.14. The fourth-order valence-electron chi connectivity index (χ4n) is 4.00. The number of carbonyl (C=O) groups is 1. The lowest BCUT2D eigenvalue weighted by Gasteiger charge is -2.39. The molecule has 2 aliphatic carbocycles. The Morgan fingerprint density at radius 3 is 2.53 bits per heavy atom. The minimum atomic E-state index is -0.276. The van der Waals surface area contributed by atoms with Crippen LogP contribution in [0.25, 0.3) is 0 Å². The van der Waals surface area contributed by atoms with Gasteiger partial charge in [-0.2, -0.15) is 4.99 Å². The summed E-state index contributed by atoms with van der Waals surface area (Å²) in [5, 5.41) is 0. The Morgan fingerprint density at radius 2 is 2.06 bits per heavy atom. The second-order valence-electron chi connectivity index (χ2n) is 6.75. The van der Waals surface area contributed by atoms with Gasteiger partial charge < -0.3 is 10.6 Å². The van der Waals surface area contributed by atoms with Gasteiger partial charge in [0.05, 0.1) is 0 Å². The topological polar surface area (TPSA) is 58.7 Å². The summed E-state index contributed by atoms with van der Waals surface area (Å²) >= 11 is 0. The van der Waals surface area contributed by atoms with Gasteiger partial charge >= 0.3 is 6.03 Å². The molecule has 94 valence electrons. The van der Waals surface area contributed by atoms with Crippen molar-refractivity contribution < 1.29 is 4.79 Å². The van der Waals surface area contributed by atoms with Crippen LogP contribution in [0.15, 0.2) is 4.99 Å². The molecule has 0 saturated heterocycles. The van der Waals surface area contributed by atoms with Gasteiger partial charge in [0.25, 0.3) is 0 Å². The first-order valence-electron chi connectivity index (χ1n) is 6.55. The Balaban J connectivity index is 2.04. The summed E-state index contributed by atoms with van der Waals surface area (Å²) in [6.07, 6.45) is 4.30. The lowest BCUT2D eigenvalue weighted by Crippen LogP contribution is -2.57. The molecule has 0 aromatic heterocycles. The maximum absolute atomic E-state index is 12.0. The van der Waals surface area contributed by atoms with Gasteiger partial charge in [-0.3, -0.25) is 0 Å². The molecule has 3 rings (SSSR count). The van der Waals surface area contributed by atoms with Gasteiger partial charge in [0, 0.05) is 6.04 Å². The number of amidine groups is 1. The van der Waals surface area contributed by atoms with E-state index in [4.69, 9.17) is 5.73 Å². The standard InChI is InChI=1S/C13H21N3O/c1-8-6-12(2,3)7-13(8)10(14)15-11(17)16(13)9-4-5-9/h8-9H,4-7H2,1-3H3,(H2,14,15,17). The van der Waals surface area contributed by atoms with Crippen LogP contribution in [0.5, 0.6) is 0 Å². The average Bonchev–Trinajstić information content (AvgIpc) is 2.90. The van der Waals surface area contributed by atoms with Crippen LogP contribution in [0.4, 0.5) is 4.79 Å². The zero-order valence-corrected chi connectivity index (χ0v) is 10.9. The van der Waals surface area contributed by atoms with Crippen LogP contribution in [0.3, 0.4) is 0 Å². The molecule has 2 atom stereocenters. The monoisotopic (exact) mass is 235 g/mol. The van der Waals surface area contributed by atoms with Crippen LogP contribution in [-0.2, 0) is 0 Å². The zero-order valence-electron chi connectivity index (χ0n) is 10.9. The molecule has 2 unspecified atom stereocenters. The number of rotatable bonds is 1. The number of hydrogen-bond donors (Lipinski definition) is 1. The molecule has 2 saturated carbocycles. The molecule has 0 radical (unpaired) electrons. The normalized spacial score (nSPS) is 40.2. The maximum atomic E-state index is 12.0. The van der Waals surface area contributed by atoms with Gasteiger partial charge in [-0.05, 0) is 37.0 Å². The van der Waals surface area contributed by atoms with Crippen LogP contribution in [0, 0.1) is 11.3 Å². The second-order valence-corrected chi connectivity index (χ2v) is 6.75. The van der Waals surface area contributed by atoms with Crippen molar-refractivity contribution >= 4 is 11.9 Å². The molecule has 0 aromatic carbocycles. The Bertz CT molecular complexity index is 411. The van der Waals surface area contributed by atoms with E-state index in [0.717, 1.165) is 25.7 Å². The van der Waals surface area contributed by atoms with Crippen molar-refractivity contribution in [2.45, 2.75) is 58.0 Å². The quantitative estimate of drug-likeness (QED) is 0.757. The van der Waals surface area contributed by atoms with Crippen LogP contribution in [-0.4, -0.2) is 28.3 Å². The molecular weight excluding hydrogens is 214 g/mol. The van der Waals surface area contributed by atoms with E-state index in [2.05, 4.69) is 25.8 Å². The van der Waals surface area contributed by atoms with Gasteiger partial charge in [-0.25, -0.2) is 4.79 Å². The molecule has 0 bridgehead atoms. The molecule has 3 aliphatic rings. The summed E-state index contributed by atoms with van der Waals surface area (Å²) in [6.45, 7) is 6.74. The first-order chi connectivity index (χ1) is 7.87. The van der Waals surface area contributed by atoms with Gasteiger partial charge in [0.2, 0.25) is 0 Å². The van der Waals surface area contributed by atoms with Crippen molar-refractivity contribution in [3.8, 4) is 0 Å². The van der Waals surface area contributed by atoms with Crippen molar-refractivity contribution in [1.29, 1.82) is 0 Å². The van der Waals surface area contributed by atoms with Gasteiger partial charge in [0.15, 0.2) is 0 Å². The number of aliphatic imine (C=N–C) groups is 1. The Morgan fingerprint density at radius 1 is 1.41 bits per heavy atom. The summed E-state index contributed by atoms with van der Waals surface area (Å²) in [6, 6.07) is 0.290. The van der Waals surface area contributed by atoms with Crippen molar-refractivity contribution in [2.24, 2.45) is 22.1 Å². The molecular formula is C13H21N3O. The molecule has 1 spiro atoms. The van der Waals surface area contributed by atoms with Crippen LogP contribution >= 0.6 is 0 Å². The second kappa shape index (κ2) is 3.03. The lowest BCUT2D eigenvalue weighted by molar-refractivity contribution is 0.141. The minimum absolute atomic E-state index is 0.102. The molecule has 1 aliphatic heterocycles. The maximum Gasteiger partial charge on any atom is 0.346 e. The Labute approximate surface area is 102 Å². The molecule has 4 heteroatoms. The molecule has 17 heavy (non-hydrogen) atoms. The first-order valence-corrected chi connectivity index (χ1v) is 6.55. The SMILES string of the molecule is CC1CC(C)(C)CC12C(N)=NC(=O)N2C1CC1. The van der Waals surface area contributed by atoms with E-state index in [0.29, 0.717) is 17.8 Å². The Hall–Kier alpha value is -1.06. The zero-order chi connectivity index (χ0) is 12.4. The average molecular weight is 235 g/mol. The highest BCUT2D eigenvalue weighted by Crippen LogP contribution is 2.54. The molecule has 2 amide bonds. The predicted molar refractivity (Wildman–Crippen MR) is 66.8 cm³/mol. The van der Waals surface area contributed by atoms with Crippen LogP contribution in [0.2, 0.25) is 0 Å². The van der Waals surface area contributed by atoms with E-state index < -0.39 is 0 Å². The molecule has 2 N–H and O–H groups in total. The van der Waals surface area contributed by atoms with Crippen molar-refractivity contribution in [3.05, 3.63) is 0 Å². The number of hydrogen-bond acceptors (Lipinski definition) is 2. The summed E-state index contributed by atoms with van der Waals surface area (Å²) in [5.74, 6) is 0.973. The third-order valence-electron chi connectivity index (χ3n) is 4.63. The fourth-order valence-corrected chi connectivity index (χ4v) is 4.00. The molecule has 4 nitrogen and oxygen atoms in total. The van der Waals surface area contributed by atoms with Crippen molar-refractivity contribution in [3.63, 3.8) is 0 Å². The van der Waals surface area contributed by atoms with Gasteiger partial charge in [-0.1, -0.05) is 20.8 Å². The van der Waals surface area contributed by atoms with Crippen LogP contribution < -0.4 is 5.73 Å². The van der Waals surface area contributed by atoms with Gasteiger partial charge in [0.1, 0.15) is 11.4 Å². The molecule has 1 heterocycles. The smallest absolute Gasteiger partial charge is 0.346 e. The summed E-state index contributed by atoms with van der Waals surface area (Å²) in [7, 11) is 0. The van der Waals surface area contributed by atoms with Crippen molar-refractivity contribution in [2.75, 3.05) is 0 Å². The lowest BCUT2D eigenvalue weighted by atomic mass is 9.84. The third-order valence-corrected chi connectivity index (χ3v) is 4.63. The fraction of sp³-hybridized carbons (Fsp3) is 0.846. The Kier molecular flexibility index (Phi) is 1.97. The highest BCUT2D eigenvalue weighted by atomic mass is 16.2. The molecule has 0 aromatic rings. The van der Waals surface area contributed by atoms with E-state index in [1.54, 1.807) is 0 Å². The van der Waals surface area contributed by atoms with Gasteiger partial charge in [-0.15, -0.1) is 0 Å².